The van der Waals surface area contributed by atoms with Gasteiger partial charge in [-0.1, -0.05) is 40.9 Å². The first-order valence-corrected chi connectivity index (χ1v) is 7.61. The minimum absolute atomic E-state index is 0.0878. The van der Waals surface area contributed by atoms with E-state index in [1.54, 1.807) is 12.1 Å². The molecule has 0 fully saturated rings. The maximum atomic E-state index is 12.1. The molecule has 0 aromatic carbocycles. The van der Waals surface area contributed by atoms with Crippen LogP contribution in [0.1, 0.15) is 29.4 Å². The molecule has 0 aliphatic heterocycles. The zero-order valence-electron chi connectivity index (χ0n) is 9.21. The first kappa shape index (κ1) is 14.0. The second-order valence-corrected chi connectivity index (χ2v) is 5.95. The van der Waals surface area contributed by atoms with Crippen molar-refractivity contribution in [3.8, 4) is 0 Å². The number of thiophene rings is 1. The maximum absolute atomic E-state index is 12.1. The van der Waals surface area contributed by atoms with Gasteiger partial charge in [-0.15, -0.1) is 11.3 Å². The minimum atomic E-state index is 0.0878. The summed E-state index contributed by atoms with van der Waals surface area (Å²) in [6.45, 7) is 3.68. The van der Waals surface area contributed by atoms with Crippen LogP contribution in [-0.4, -0.2) is 29.2 Å². The van der Waals surface area contributed by atoms with Crippen molar-refractivity contribution < 1.29 is 4.79 Å². The molecular formula is C11H15BrClNOS. The van der Waals surface area contributed by atoms with Crippen molar-refractivity contribution >= 4 is 44.8 Å². The summed E-state index contributed by atoms with van der Waals surface area (Å²) >= 11 is 10.5. The molecule has 2 nitrogen and oxygen atoms in total. The Morgan fingerprint density at radius 1 is 1.50 bits per heavy atom. The molecule has 90 valence electrons. The van der Waals surface area contributed by atoms with Crippen molar-refractivity contribution in [1.29, 1.82) is 0 Å². The topological polar surface area (TPSA) is 20.3 Å². The Balaban J connectivity index is 2.66. The van der Waals surface area contributed by atoms with Crippen LogP contribution >= 0.6 is 38.9 Å². The van der Waals surface area contributed by atoms with Crippen LogP contribution in [-0.2, 0) is 0 Å². The van der Waals surface area contributed by atoms with E-state index in [2.05, 4.69) is 22.9 Å². The van der Waals surface area contributed by atoms with Crippen LogP contribution in [0.2, 0.25) is 4.34 Å². The Morgan fingerprint density at radius 2 is 2.25 bits per heavy atom. The van der Waals surface area contributed by atoms with E-state index in [1.807, 2.05) is 4.90 Å². The molecule has 0 bridgehead atoms. The molecule has 1 aromatic rings. The van der Waals surface area contributed by atoms with Gasteiger partial charge in [-0.25, -0.2) is 0 Å². The molecule has 0 saturated carbocycles. The fourth-order valence-corrected chi connectivity index (χ4v) is 2.79. The largest absolute Gasteiger partial charge is 0.337 e. The average molecular weight is 325 g/mol. The summed E-state index contributed by atoms with van der Waals surface area (Å²) in [6, 6.07) is 3.56. The minimum Gasteiger partial charge on any atom is -0.337 e. The van der Waals surface area contributed by atoms with Crippen molar-refractivity contribution in [1.82, 2.24) is 4.90 Å². The van der Waals surface area contributed by atoms with E-state index in [0.717, 1.165) is 36.1 Å². The van der Waals surface area contributed by atoms with Crippen molar-refractivity contribution in [3.05, 3.63) is 21.3 Å². The average Bonchev–Trinajstić information content (AvgIpc) is 2.70. The zero-order chi connectivity index (χ0) is 12.0. The van der Waals surface area contributed by atoms with Crippen LogP contribution in [0.3, 0.4) is 0 Å². The molecular weight excluding hydrogens is 310 g/mol. The molecule has 0 radical (unpaired) electrons. The summed E-state index contributed by atoms with van der Waals surface area (Å²) in [4.78, 5) is 14.7. The van der Waals surface area contributed by atoms with Gasteiger partial charge in [0.1, 0.15) is 0 Å². The molecule has 1 heterocycles. The molecule has 16 heavy (non-hydrogen) atoms. The standard InChI is InChI=1S/C11H15BrClNOS/c1-2-3-7-14(8-6-12)11(15)9-4-5-10(13)16-9/h4-5H,2-3,6-8H2,1H3. The third-order valence-electron chi connectivity index (χ3n) is 2.21. The zero-order valence-corrected chi connectivity index (χ0v) is 12.4. The Morgan fingerprint density at radius 3 is 2.75 bits per heavy atom. The molecule has 0 spiro atoms. The van der Waals surface area contributed by atoms with Crippen molar-refractivity contribution in [2.24, 2.45) is 0 Å². The molecule has 0 aliphatic carbocycles. The van der Waals surface area contributed by atoms with Gasteiger partial charge in [-0.05, 0) is 18.6 Å². The quantitative estimate of drug-likeness (QED) is 0.723. The molecule has 0 unspecified atom stereocenters. The van der Waals surface area contributed by atoms with E-state index in [9.17, 15) is 4.79 Å². The van der Waals surface area contributed by atoms with Crippen LogP contribution in [0.15, 0.2) is 12.1 Å². The van der Waals surface area contributed by atoms with E-state index >= 15 is 0 Å². The van der Waals surface area contributed by atoms with Gasteiger partial charge in [0, 0.05) is 18.4 Å². The highest BCUT2D eigenvalue weighted by molar-refractivity contribution is 9.09. The number of carbonyl (C=O) groups is 1. The van der Waals surface area contributed by atoms with Crippen LogP contribution in [0.5, 0.6) is 0 Å². The molecule has 0 aliphatic rings. The second kappa shape index (κ2) is 7.30. The number of halogens is 2. The van der Waals surface area contributed by atoms with Crippen molar-refractivity contribution in [2.45, 2.75) is 19.8 Å². The van der Waals surface area contributed by atoms with Gasteiger partial charge in [-0.2, -0.15) is 0 Å². The monoisotopic (exact) mass is 323 g/mol. The normalized spacial score (nSPS) is 10.4. The SMILES string of the molecule is CCCCN(CCBr)C(=O)c1ccc(Cl)s1. The Kier molecular flexibility index (Phi) is 6.39. The van der Waals surface area contributed by atoms with Gasteiger partial charge < -0.3 is 4.90 Å². The van der Waals surface area contributed by atoms with Gasteiger partial charge in [0.2, 0.25) is 0 Å². The lowest BCUT2D eigenvalue weighted by Crippen LogP contribution is -2.33. The Hall–Kier alpha value is -0.0600. The maximum Gasteiger partial charge on any atom is 0.263 e. The number of amides is 1. The Bertz CT molecular complexity index is 342. The number of rotatable bonds is 6. The lowest BCUT2D eigenvalue weighted by atomic mass is 10.3. The van der Waals surface area contributed by atoms with Crippen LogP contribution in [0.4, 0.5) is 0 Å². The lowest BCUT2D eigenvalue weighted by molar-refractivity contribution is 0.0769. The van der Waals surface area contributed by atoms with Crippen LogP contribution in [0.25, 0.3) is 0 Å². The van der Waals surface area contributed by atoms with Gasteiger partial charge in [0.25, 0.3) is 5.91 Å². The summed E-state index contributed by atoms with van der Waals surface area (Å²) in [5, 5.41) is 0.807. The number of carbonyl (C=O) groups excluding carboxylic acids is 1. The highest BCUT2D eigenvalue weighted by atomic mass is 79.9. The molecule has 5 heteroatoms. The Labute approximate surface area is 114 Å². The molecule has 0 atom stereocenters. The molecule has 1 amide bonds. The van der Waals surface area contributed by atoms with Crippen molar-refractivity contribution in [3.63, 3.8) is 0 Å². The predicted octanol–water partition coefficient (Wildman–Crippen LogP) is 4.04. The van der Waals surface area contributed by atoms with E-state index in [0.29, 0.717) is 4.34 Å². The number of hydrogen-bond acceptors (Lipinski definition) is 2. The summed E-state index contributed by atoms with van der Waals surface area (Å²) < 4.78 is 0.664. The van der Waals surface area contributed by atoms with Gasteiger partial charge >= 0.3 is 0 Å². The van der Waals surface area contributed by atoms with Gasteiger partial charge in [0.15, 0.2) is 0 Å². The number of alkyl halides is 1. The number of nitrogens with zero attached hydrogens (tertiary/aromatic N) is 1. The first-order valence-electron chi connectivity index (χ1n) is 5.29. The molecule has 0 N–H and O–H groups in total. The van der Waals surface area contributed by atoms with E-state index in [4.69, 9.17) is 11.6 Å². The third-order valence-corrected chi connectivity index (χ3v) is 3.78. The summed E-state index contributed by atoms with van der Waals surface area (Å²) in [5.74, 6) is 0.0878. The summed E-state index contributed by atoms with van der Waals surface area (Å²) in [7, 11) is 0. The van der Waals surface area contributed by atoms with E-state index < -0.39 is 0 Å². The molecule has 1 aromatic heterocycles. The summed E-state index contributed by atoms with van der Waals surface area (Å²) in [5.41, 5.74) is 0. The molecule has 1 rings (SSSR count). The lowest BCUT2D eigenvalue weighted by Gasteiger charge is -2.20. The first-order chi connectivity index (χ1) is 7.69. The van der Waals surface area contributed by atoms with Gasteiger partial charge in [-0.3, -0.25) is 4.79 Å². The van der Waals surface area contributed by atoms with Gasteiger partial charge in [0.05, 0.1) is 9.21 Å². The predicted molar refractivity (Wildman–Crippen MR) is 73.9 cm³/mol. The van der Waals surface area contributed by atoms with Crippen LogP contribution < -0.4 is 0 Å². The number of unbranched alkanes of at least 4 members (excludes halogenated alkanes) is 1. The van der Waals surface area contributed by atoms with E-state index in [1.165, 1.54) is 11.3 Å². The highest BCUT2D eigenvalue weighted by Gasteiger charge is 2.16. The molecule has 0 saturated heterocycles. The van der Waals surface area contributed by atoms with Crippen molar-refractivity contribution in [2.75, 3.05) is 18.4 Å². The fourth-order valence-electron chi connectivity index (χ4n) is 1.35. The highest BCUT2D eigenvalue weighted by Crippen LogP contribution is 2.22. The van der Waals surface area contributed by atoms with E-state index in [-0.39, 0.29) is 5.91 Å². The number of hydrogen-bond donors (Lipinski definition) is 0. The smallest absolute Gasteiger partial charge is 0.263 e. The third kappa shape index (κ3) is 4.07. The van der Waals surface area contributed by atoms with Crippen LogP contribution in [0, 0.1) is 0 Å². The second-order valence-electron chi connectivity index (χ2n) is 3.44. The fraction of sp³-hybridized carbons (Fsp3) is 0.545. The summed E-state index contributed by atoms with van der Waals surface area (Å²) in [6.07, 6.45) is 2.13.